The fourth-order valence-electron chi connectivity index (χ4n) is 1.01. The van der Waals surface area contributed by atoms with Crippen molar-refractivity contribution >= 4 is 30.0 Å². The molecule has 0 spiro atoms. The zero-order valence-corrected chi connectivity index (χ0v) is 9.79. The topological polar surface area (TPSA) is 103 Å². The summed E-state index contributed by atoms with van der Waals surface area (Å²) in [5.74, 6) is -0.511. The van der Waals surface area contributed by atoms with Crippen LogP contribution in [-0.2, 0) is 6.18 Å². The molecular weight excluding hydrogens is 271 g/mol. The molecule has 100 valence electrons. The number of alkyl halides is 3. The predicted molar refractivity (Wildman–Crippen MR) is 65.8 cm³/mol. The van der Waals surface area contributed by atoms with E-state index < -0.39 is 11.7 Å². The molecular formula is C9H11ClF3N5. The lowest BCUT2D eigenvalue weighted by atomic mass is 10.2. The van der Waals surface area contributed by atoms with Gasteiger partial charge < -0.3 is 17.2 Å². The van der Waals surface area contributed by atoms with Crippen LogP contribution in [0.25, 0.3) is 0 Å². The molecule has 0 amide bonds. The summed E-state index contributed by atoms with van der Waals surface area (Å²) in [6.45, 7) is 0. The van der Waals surface area contributed by atoms with Crippen LogP contribution >= 0.6 is 12.4 Å². The minimum absolute atomic E-state index is 0. The van der Waals surface area contributed by atoms with Gasteiger partial charge in [0, 0.05) is 0 Å². The van der Waals surface area contributed by atoms with Crippen molar-refractivity contribution in [3.05, 3.63) is 29.8 Å². The molecule has 1 aromatic rings. The maximum absolute atomic E-state index is 12.2. The Hall–Kier alpha value is -1.96. The molecule has 5 nitrogen and oxygen atoms in total. The Labute approximate surface area is 107 Å². The molecule has 0 unspecified atom stereocenters. The number of guanidine groups is 2. The number of halogens is 4. The van der Waals surface area contributed by atoms with Gasteiger partial charge in [0.1, 0.15) is 0 Å². The van der Waals surface area contributed by atoms with E-state index in [1.807, 2.05) is 0 Å². The van der Waals surface area contributed by atoms with Crippen molar-refractivity contribution in [3.8, 4) is 0 Å². The highest BCUT2D eigenvalue weighted by molar-refractivity contribution is 5.93. The molecule has 9 heteroatoms. The lowest BCUT2D eigenvalue weighted by Gasteiger charge is -2.05. The van der Waals surface area contributed by atoms with Crippen LogP contribution in [0, 0.1) is 0 Å². The number of aliphatic imine (C=N–C) groups is 2. The highest BCUT2D eigenvalue weighted by Gasteiger charge is 2.29. The summed E-state index contributed by atoms with van der Waals surface area (Å²) in [6.07, 6.45) is -4.38. The molecule has 0 radical (unpaired) electrons. The molecule has 0 fully saturated rings. The molecule has 0 atom stereocenters. The maximum Gasteiger partial charge on any atom is 0.416 e. The lowest BCUT2D eigenvalue weighted by Crippen LogP contribution is -2.26. The van der Waals surface area contributed by atoms with E-state index in [1.165, 1.54) is 0 Å². The molecule has 0 bridgehead atoms. The van der Waals surface area contributed by atoms with Crippen LogP contribution in [0.5, 0.6) is 0 Å². The summed E-state index contributed by atoms with van der Waals surface area (Å²) in [7, 11) is 0. The average molecular weight is 282 g/mol. The third kappa shape index (κ3) is 4.91. The van der Waals surface area contributed by atoms with Crippen LogP contribution < -0.4 is 17.2 Å². The molecule has 0 saturated carbocycles. The van der Waals surface area contributed by atoms with Crippen molar-refractivity contribution in [2.24, 2.45) is 27.2 Å². The molecule has 18 heavy (non-hydrogen) atoms. The normalized spacial score (nSPS) is 11.6. The Balaban J connectivity index is 0.00000289. The van der Waals surface area contributed by atoms with E-state index in [0.29, 0.717) is 0 Å². The van der Waals surface area contributed by atoms with Gasteiger partial charge in [-0.3, -0.25) is 0 Å². The fraction of sp³-hybridized carbons (Fsp3) is 0.111. The standard InChI is InChI=1S/C9H10F3N5.ClH/c10-9(11,12)5-1-3-6(4-2-5)16-8(15)17-7(13)14;/h1-4H,(H6,13,14,15,16,17);1H. The van der Waals surface area contributed by atoms with Crippen LogP contribution in [0.3, 0.4) is 0 Å². The van der Waals surface area contributed by atoms with E-state index in [2.05, 4.69) is 9.98 Å². The summed E-state index contributed by atoms with van der Waals surface area (Å²) in [6, 6.07) is 4.11. The Morgan fingerprint density at radius 2 is 1.50 bits per heavy atom. The van der Waals surface area contributed by atoms with Gasteiger partial charge in [-0.25, -0.2) is 4.99 Å². The molecule has 0 saturated heterocycles. The Bertz CT molecular complexity index is 448. The van der Waals surface area contributed by atoms with Crippen molar-refractivity contribution in [2.45, 2.75) is 6.18 Å². The van der Waals surface area contributed by atoms with Gasteiger partial charge in [-0.2, -0.15) is 18.2 Å². The quantitative estimate of drug-likeness (QED) is 0.535. The van der Waals surface area contributed by atoms with Crippen LogP contribution in [0.15, 0.2) is 34.3 Å². The monoisotopic (exact) mass is 281 g/mol. The van der Waals surface area contributed by atoms with E-state index in [9.17, 15) is 13.2 Å². The number of rotatable bonds is 1. The van der Waals surface area contributed by atoms with Crippen LogP contribution in [0.2, 0.25) is 0 Å². The highest BCUT2D eigenvalue weighted by Crippen LogP contribution is 2.30. The van der Waals surface area contributed by atoms with Crippen molar-refractivity contribution in [1.29, 1.82) is 0 Å². The molecule has 0 aliphatic heterocycles. The molecule has 0 aliphatic rings. The van der Waals surface area contributed by atoms with E-state index >= 15 is 0 Å². The minimum atomic E-state index is -4.38. The summed E-state index contributed by atoms with van der Waals surface area (Å²) in [5.41, 5.74) is 14.9. The Kier molecular flexibility index (Phi) is 5.44. The molecule has 0 heterocycles. The van der Waals surface area contributed by atoms with Gasteiger partial charge in [-0.1, -0.05) is 0 Å². The lowest BCUT2D eigenvalue weighted by molar-refractivity contribution is -0.137. The van der Waals surface area contributed by atoms with Gasteiger partial charge in [0.2, 0.25) is 5.96 Å². The third-order valence-corrected chi connectivity index (χ3v) is 1.68. The zero-order chi connectivity index (χ0) is 13.1. The number of hydrogen-bond acceptors (Lipinski definition) is 1. The maximum atomic E-state index is 12.2. The molecule has 1 aromatic carbocycles. The highest BCUT2D eigenvalue weighted by atomic mass is 35.5. The van der Waals surface area contributed by atoms with Crippen molar-refractivity contribution < 1.29 is 13.2 Å². The van der Waals surface area contributed by atoms with Crippen molar-refractivity contribution in [1.82, 2.24) is 0 Å². The second kappa shape index (κ2) is 6.10. The van der Waals surface area contributed by atoms with Gasteiger partial charge in [0.25, 0.3) is 0 Å². The van der Waals surface area contributed by atoms with Crippen LogP contribution in [-0.4, -0.2) is 11.9 Å². The minimum Gasteiger partial charge on any atom is -0.370 e. The zero-order valence-electron chi connectivity index (χ0n) is 8.98. The van der Waals surface area contributed by atoms with E-state index in [4.69, 9.17) is 17.2 Å². The first-order valence-electron chi connectivity index (χ1n) is 4.40. The van der Waals surface area contributed by atoms with Crippen molar-refractivity contribution in [3.63, 3.8) is 0 Å². The van der Waals surface area contributed by atoms with Crippen molar-refractivity contribution in [2.75, 3.05) is 0 Å². The van der Waals surface area contributed by atoms with Gasteiger partial charge in [0.15, 0.2) is 5.96 Å². The summed E-state index contributed by atoms with van der Waals surface area (Å²) >= 11 is 0. The predicted octanol–water partition coefficient (Wildman–Crippen LogP) is 1.35. The Morgan fingerprint density at radius 3 is 1.89 bits per heavy atom. The third-order valence-electron chi connectivity index (χ3n) is 1.68. The van der Waals surface area contributed by atoms with Crippen LogP contribution in [0.1, 0.15) is 5.56 Å². The van der Waals surface area contributed by atoms with Gasteiger partial charge in [0.05, 0.1) is 11.3 Å². The summed E-state index contributed by atoms with van der Waals surface area (Å²) in [5, 5.41) is 0. The van der Waals surface area contributed by atoms with Gasteiger partial charge in [-0.05, 0) is 24.3 Å². The molecule has 1 rings (SSSR count). The first-order valence-corrected chi connectivity index (χ1v) is 4.40. The average Bonchev–Trinajstić information content (AvgIpc) is 2.15. The van der Waals surface area contributed by atoms with E-state index in [0.717, 1.165) is 24.3 Å². The summed E-state index contributed by atoms with van der Waals surface area (Å²) < 4.78 is 36.7. The summed E-state index contributed by atoms with van der Waals surface area (Å²) in [4.78, 5) is 7.12. The van der Waals surface area contributed by atoms with Gasteiger partial charge in [-0.15, -0.1) is 12.4 Å². The van der Waals surface area contributed by atoms with Gasteiger partial charge >= 0.3 is 6.18 Å². The largest absolute Gasteiger partial charge is 0.416 e. The number of nitrogens with zero attached hydrogens (tertiary/aromatic N) is 2. The molecule has 6 N–H and O–H groups in total. The second-order valence-electron chi connectivity index (χ2n) is 3.05. The first kappa shape index (κ1) is 16.0. The van der Waals surface area contributed by atoms with E-state index in [1.54, 1.807) is 0 Å². The molecule has 0 aromatic heterocycles. The SMILES string of the molecule is Cl.NC(N)=NC(N)=Nc1ccc(C(F)(F)F)cc1. The molecule has 0 aliphatic carbocycles. The first-order chi connectivity index (χ1) is 7.79. The number of benzene rings is 1. The Morgan fingerprint density at radius 1 is 1.00 bits per heavy atom. The smallest absolute Gasteiger partial charge is 0.370 e. The fourth-order valence-corrected chi connectivity index (χ4v) is 1.01. The van der Waals surface area contributed by atoms with E-state index in [-0.39, 0.29) is 30.0 Å². The number of hydrogen-bond donors (Lipinski definition) is 3. The number of nitrogens with two attached hydrogens (primary N) is 3. The second-order valence-corrected chi connectivity index (χ2v) is 3.05. The van der Waals surface area contributed by atoms with Crippen LogP contribution in [0.4, 0.5) is 18.9 Å².